The summed E-state index contributed by atoms with van der Waals surface area (Å²) in [7, 11) is 1.47. The van der Waals surface area contributed by atoms with Gasteiger partial charge in [-0.2, -0.15) is 0 Å². The highest BCUT2D eigenvalue weighted by Gasteiger charge is 2.60. The summed E-state index contributed by atoms with van der Waals surface area (Å²) in [5.74, 6) is -0.925. The summed E-state index contributed by atoms with van der Waals surface area (Å²) in [5.41, 5.74) is 1.92. The van der Waals surface area contributed by atoms with E-state index in [1.54, 1.807) is 15.9 Å². The third kappa shape index (κ3) is 3.13. The maximum atomic E-state index is 13.5. The van der Waals surface area contributed by atoms with Crippen LogP contribution < -0.4 is 5.16 Å². The molecular weight excluding hydrogens is 397 g/mol. The average Bonchev–Trinajstić information content (AvgIpc) is 3.26. The molecule has 2 fully saturated rings. The number of halogens is 1. The second kappa shape index (κ2) is 7.83. The van der Waals surface area contributed by atoms with Crippen molar-refractivity contribution in [3.05, 3.63) is 94.8 Å². The molecule has 4 rings (SSSR count). The fourth-order valence-electron chi connectivity index (χ4n) is 4.33. The Bertz CT molecular complexity index is 1110. The minimum atomic E-state index is -1.15. The van der Waals surface area contributed by atoms with E-state index in [-0.39, 0.29) is 11.8 Å². The van der Waals surface area contributed by atoms with Gasteiger partial charge in [-0.1, -0.05) is 36.4 Å². The van der Waals surface area contributed by atoms with Crippen LogP contribution in [0.15, 0.2) is 72.3 Å². The van der Waals surface area contributed by atoms with E-state index >= 15 is 0 Å². The normalized spacial score (nSPS) is 22.0. The number of hydrogen-bond acceptors (Lipinski definition) is 3. The monoisotopic (exact) mass is 420 g/mol. The minimum Gasteiger partial charge on any atom is -0.306 e. The molecule has 2 saturated heterocycles. The van der Waals surface area contributed by atoms with Crippen LogP contribution in [0.3, 0.4) is 0 Å². The van der Waals surface area contributed by atoms with Crippen LogP contribution in [0.1, 0.15) is 21.5 Å². The van der Waals surface area contributed by atoms with Crippen LogP contribution in [0.25, 0.3) is 0 Å². The summed E-state index contributed by atoms with van der Waals surface area (Å²) in [5, 5.41) is 2.58. The first-order valence-electron chi connectivity index (χ1n) is 9.89. The molecule has 0 aromatic heterocycles. The summed E-state index contributed by atoms with van der Waals surface area (Å²) >= 11 is 0. The van der Waals surface area contributed by atoms with Crippen LogP contribution in [-0.4, -0.2) is 48.0 Å². The van der Waals surface area contributed by atoms with E-state index in [1.165, 1.54) is 37.6 Å². The zero-order valence-electron chi connectivity index (χ0n) is 17.4. The van der Waals surface area contributed by atoms with Gasteiger partial charge in [-0.25, -0.2) is 4.39 Å². The average molecular weight is 420 g/mol. The van der Waals surface area contributed by atoms with Crippen molar-refractivity contribution in [1.29, 1.82) is 0 Å². The van der Waals surface area contributed by atoms with E-state index in [4.69, 9.17) is 4.84 Å². The molecule has 2 aliphatic heterocycles. The second-order valence-corrected chi connectivity index (χ2v) is 7.51. The van der Waals surface area contributed by atoms with Crippen molar-refractivity contribution in [3.63, 3.8) is 0 Å². The molecule has 0 aliphatic carbocycles. The minimum absolute atomic E-state index is 0.214. The number of benzene rings is 2. The largest absolute Gasteiger partial charge is 0.306 e. The Kier molecular flexibility index (Phi) is 5.19. The number of fused-ring (bicyclic) bond motifs is 1. The summed E-state index contributed by atoms with van der Waals surface area (Å²) in [4.78, 5) is 35.0. The van der Waals surface area contributed by atoms with Crippen molar-refractivity contribution in [1.82, 2.24) is 9.80 Å². The van der Waals surface area contributed by atoms with Crippen molar-refractivity contribution in [2.24, 2.45) is 0 Å². The first-order chi connectivity index (χ1) is 14.9. The van der Waals surface area contributed by atoms with Crippen molar-refractivity contribution < 1.29 is 24.0 Å². The standard InChI is InChI=1S/C24H22FN3O3/c1-16-4-8-19(9-5-16)24-17(2)21(12-13-26-31-3)23(30)28(24)15-14-27(24)22(29)18-6-10-20(25)11-7-18/h4-13H,2,14-15H2,1,3H3/p+1/b21-12+,26-13+. The lowest BCUT2D eigenvalue weighted by Gasteiger charge is -2.40. The molecule has 158 valence electrons. The van der Waals surface area contributed by atoms with E-state index in [1.807, 2.05) is 31.2 Å². The van der Waals surface area contributed by atoms with Crippen LogP contribution in [-0.2, 0) is 15.3 Å². The summed E-state index contributed by atoms with van der Waals surface area (Å²) in [6.45, 7) is 6.91. The van der Waals surface area contributed by atoms with Crippen molar-refractivity contribution >= 4 is 18.0 Å². The fraction of sp³-hybridized carbons (Fsp3) is 0.208. The number of nitrogens with one attached hydrogen (secondary N) is 1. The van der Waals surface area contributed by atoms with Crippen LogP contribution >= 0.6 is 0 Å². The maximum absolute atomic E-state index is 13.5. The lowest BCUT2D eigenvalue weighted by Crippen LogP contribution is -2.66. The second-order valence-electron chi connectivity index (χ2n) is 7.51. The number of hydrogen-bond donors (Lipinski definition) is 1. The van der Waals surface area contributed by atoms with E-state index in [0.29, 0.717) is 29.8 Å². The van der Waals surface area contributed by atoms with Crippen molar-refractivity contribution in [2.45, 2.75) is 12.6 Å². The summed E-state index contributed by atoms with van der Waals surface area (Å²) < 4.78 is 13.4. The van der Waals surface area contributed by atoms with E-state index < -0.39 is 11.5 Å². The van der Waals surface area contributed by atoms with Gasteiger partial charge in [-0.3, -0.25) is 14.4 Å². The number of amides is 2. The molecule has 1 N–H and O–H groups in total. The predicted molar refractivity (Wildman–Crippen MR) is 113 cm³/mol. The molecule has 0 saturated carbocycles. The zero-order valence-corrected chi connectivity index (χ0v) is 17.4. The van der Waals surface area contributed by atoms with Crippen LogP contribution in [0.4, 0.5) is 4.39 Å². The first-order valence-corrected chi connectivity index (χ1v) is 9.89. The number of nitrogens with zero attached hydrogens (tertiary/aromatic N) is 2. The molecule has 1 atom stereocenters. The third-order valence-electron chi connectivity index (χ3n) is 5.78. The Labute approximate surface area is 179 Å². The molecule has 6 nitrogen and oxygen atoms in total. The highest BCUT2D eigenvalue weighted by Crippen LogP contribution is 2.51. The number of rotatable bonds is 4. The molecule has 0 bridgehead atoms. The molecule has 31 heavy (non-hydrogen) atoms. The molecule has 0 radical (unpaired) electrons. The molecule has 2 aromatic rings. The van der Waals surface area contributed by atoms with E-state index in [2.05, 4.69) is 11.7 Å². The predicted octanol–water partition coefficient (Wildman–Crippen LogP) is 1.48. The van der Waals surface area contributed by atoms with Gasteiger partial charge in [0.05, 0.1) is 5.57 Å². The van der Waals surface area contributed by atoms with Crippen molar-refractivity contribution in [3.8, 4) is 0 Å². The Balaban J connectivity index is 1.88. The zero-order chi connectivity index (χ0) is 22.2. The third-order valence-corrected chi connectivity index (χ3v) is 5.78. The van der Waals surface area contributed by atoms with Gasteiger partial charge in [-0.05, 0) is 36.3 Å². The molecule has 0 spiro atoms. The van der Waals surface area contributed by atoms with Gasteiger partial charge in [-0.15, -0.1) is 0 Å². The first kappa shape index (κ1) is 20.5. The number of aryl methyl sites for hydroxylation is 1. The Morgan fingerprint density at radius 3 is 2.48 bits per heavy atom. The van der Waals surface area contributed by atoms with E-state index in [9.17, 15) is 14.0 Å². The smallest absolute Gasteiger partial charge is 0.256 e. The Hall–Kier alpha value is -3.74. The van der Waals surface area contributed by atoms with Crippen LogP contribution in [0.2, 0.25) is 0 Å². The van der Waals surface area contributed by atoms with Gasteiger partial charge < -0.3 is 9.80 Å². The maximum Gasteiger partial charge on any atom is 0.256 e. The number of allylic oxidation sites excluding steroid dienone is 1. The van der Waals surface area contributed by atoms with Gasteiger partial charge in [0.15, 0.2) is 5.66 Å². The quantitative estimate of drug-likeness (QED) is 0.463. The fourth-order valence-corrected chi connectivity index (χ4v) is 4.33. The van der Waals surface area contributed by atoms with Crippen molar-refractivity contribution in [2.75, 3.05) is 20.2 Å². The van der Waals surface area contributed by atoms with Crippen LogP contribution in [0, 0.1) is 12.7 Å². The summed E-state index contributed by atoms with van der Waals surface area (Å²) in [6.07, 6.45) is 3.11. The molecule has 2 heterocycles. The molecule has 2 aliphatic rings. The van der Waals surface area contributed by atoms with E-state index in [0.717, 1.165) is 11.1 Å². The van der Waals surface area contributed by atoms with Gasteiger partial charge in [0.25, 0.3) is 11.8 Å². The molecular formula is C24H23FN3O3+. The lowest BCUT2D eigenvalue weighted by atomic mass is 9.88. The van der Waals surface area contributed by atoms with Gasteiger partial charge >= 0.3 is 0 Å². The number of carbonyl (C=O) groups excluding carboxylic acids is 2. The topological polar surface area (TPSA) is 63.8 Å². The van der Waals surface area contributed by atoms with Crippen LogP contribution in [0.5, 0.6) is 0 Å². The number of carbonyl (C=O) groups is 2. The molecule has 2 amide bonds. The lowest BCUT2D eigenvalue weighted by molar-refractivity contribution is -0.740. The Morgan fingerprint density at radius 1 is 1.16 bits per heavy atom. The summed E-state index contributed by atoms with van der Waals surface area (Å²) in [6, 6.07) is 13.1. The SMILES string of the molecule is C=C1/C(=C\C=[NH+]\OC)C(=O)N2CCN(C(=O)c3ccc(F)cc3)C12c1ccc(C)cc1. The Morgan fingerprint density at radius 2 is 1.84 bits per heavy atom. The highest BCUT2D eigenvalue weighted by molar-refractivity contribution is 6.07. The molecule has 1 unspecified atom stereocenters. The van der Waals surface area contributed by atoms with Gasteiger partial charge in [0, 0.05) is 35.9 Å². The highest BCUT2D eigenvalue weighted by atomic mass is 19.1. The van der Waals surface area contributed by atoms with Gasteiger partial charge in [0.2, 0.25) is 6.21 Å². The van der Waals surface area contributed by atoms with Gasteiger partial charge in [0.1, 0.15) is 12.9 Å². The molecule has 2 aromatic carbocycles. The molecule has 7 heteroatoms.